The average molecular weight is 413 g/mol. The van der Waals surface area contributed by atoms with E-state index in [-0.39, 0.29) is 5.57 Å². The van der Waals surface area contributed by atoms with Gasteiger partial charge < -0.3 is 15.4 Å². The molecule has 0 saturated carbocycles. The highest BCUT2D eigenvalue weighted by Crippen LogP contribution is 2.35. The van der Waals surface area contributed by atoms with E-state index in [0.717, 1.165) is 9.13 Å². The summed E-state index contributed by atoms with van der Waals surface area (Å²) in [6.07, 6.45) is 1.27. The maximum Gasteiger partial charge on any atom is 0.333 e. The topological polar surface area (TPSA) is 78.0 Å². The van der Waals surface area contributed by atoms with E-state index >= 15 is 0 Å². The summed E-state index contributed by atoms with van der Waals surface area (Å²) in [6.45, 7) is 1.90. The van der Waals surface area contributed by atoms with Crippen LogP contribution in [0, 0.1) is 10.5 Å². The predicted molar refractivity (Wildman–Crippen MR) is 89.4 cm³/mol. The Labute approximate surface area is 139 Å². The van der Waals surface area contributed by atoms with E-state index in [0.29, 0.717) is 17.1 Å². The molecular formula is C15H13FIN3O2. The van der Waals surface area contributed by atoms with Gasteiger partial charge in [-0.2, -0.15) is 0 Å². The molecule has 7 heteroatoms. The first kappa shape index (κ1) is 15.0. The summed E-state index contributed by atoms with van der Waals surface area (Å²) in [7, 11) is 0. The van der Waals surface area contributed by atoms with Gasteiger partial charge in [-0.1, -0.05) is 0 Å². The Morgan fingerprint density at radius 3 is 2.95 bits per heavy atom. The standard InChI is InChI=1S/C15H13FIN3O2/c1-7-4-8(17)2-3-10(7)20-13-9(15(21)22)5-11-14(12(13)16)19-6-18-11/h2-6,12-13,20H,1H3,(H,18,19)(H,21,22). The molecule has 0 radical (unpaired) electrons. The summed E-state index contributed by atoms with van der Waals surface area (Å²) in [5.74, 6) is -1.16. The number of alkyl halides is 1. The second-order valence-corrected chi connectivity index (χ2v) is 6.33. The summed E-state index contributed by atoms with van der Waals surface area (Å²) in [6, 6.07) is 4.69. The highest BCUT2D eigenvalue weighted by Gasteiger charge is 2.36. The molecule has 5 nitrogen and oxygen atoms in total. The fourth-order valence-electron chi connectivity index (χ4n) is 2.51. The van der Waals surface area contributed by atoms with Crippen molar-refractivity contribution in [2.24, 2.45) is 0 Å². The van der Waals surface area contributed by atoms with Crippen LogP contribution in [0.15, 0.2) is 30.1 Å². The molecule has 0 saturated heterocycles. The fraction of sp³-hybridized carbons (Fsp3) is 0.200. The number of aromatic amines is 1. The minimum Gasteiger partial charge on any atom is -0.478 e. The van der Waals surface area contributed by atoms with E-state index in [9.17, 15) is 14.3 Å². The number of carboxylic acids is 1. The zero-order valence-corrected chi connectivity index (χ0v) is 13.8. The Bertz CT molecular complexity index is 772. The van der Waals surface area contributed by atoms with E-state index in [1.54, 1.807) is 0 Å². The van der Waals surface area contributed by atoms with Crippen LogP contribution in [0.1, 0.15) is 23.1 Å². The number of H-pyrrole nitrogens is 1. The Balaban J connectivity index is 1.99. The first-order chi connectivity index (χ1) is 10.5. The summed E-state index contributed by atoms with van der Waals surface area (Å²) >= 11 is 2.19. The van der Waals surface area contributed by atoms with Gasteiger partial charge in [-0.3, -0.25) is 0 Å². The van der Waals surface area contributed by atoms with Crippen LogP contribution in [-0.2, 0) is 4.79 Å². The number of benzene rings is 1. The van der Waals surface area contributed by atoms with Gasteiger partial charge in [-0.05, 0) is 59.4 Å². The number of rotatable bonds is 3. The van der Waals surface area contributed by atoms with Crippen LogP contribution in [0.5, 0.6) is 0 Å². The molecule has 1 aliphatic rings. The molecule has 0 fully saturated rings. The highest BCUT2D eigenvalue weighted by molar-refractivity contribution is 14.1. The molecule has 2 unspecified atom stereocenters. The SMILES string of the molecule is Cc1cc(I)ccc1NC1C(C(=O)O)=Cc2nc[nH]c2C1F. The van der Waals surface area contributed by atoms with Gasteiger partial charge in [0.15, 0.2) is 6.17 Å². The number of nitrogens with one attached hydrogen (secondary N) is 2. The highest BCUT2D eigenvalue weighted by atomic mass is 127. The number of carbonyl (C=O) groups is 1. The van der Waals surface area contributed by atoms with E-state index in [1.807, 2.05) is 25.1 Å². The number of imidazole rings is 1. The molecular weight excluding hydrogens is 400 g/mol. The van der Waals surface area contributed by atoms with Crippen LogP contribution in [0.25, 0.3) is 6.08 Å². The number of aryl methyl sites for hydroxylation is 1. The molecule has 1 aromatic carbocycles. The van der Waals surface area contributed by atoms with Gasteiger partial charge in [0.1, 0.15) is 0 Å². The lowest BCUT2D eigenvalue weighted by Crippen LogP contribution is -2.34. The van der Waals surface area contributed by atoms with Gasteiger partial charge in [-0.25, -0.2) is 14.2 Å². The third kappa shape index (κ3) is 2.60. The smallest absolute Gasteiger partial charge is 0.333 e. The number of aliphatic carboxylic acids is 1. The lowest BCUT2D eigenvalue weighted by Gasteiger charge is -2.27. The Morgan fingerprint density at radius 2 is 2.27 bits per heavy atom. The lowest BCUT2D eigenvalue weighted by molar-refractivity contribution is -0.133. The Kier molecular flexibility index (Phi) is 3.90. The third-order valence-corrected chi connectivity index (χ3v) is 4.31. The number of nitrogens with zero attached hydrogens (tertiary/aromatic N) is 1. The molecule has 1 aliphatic carbocycles. The molecule has 2 aromatic rings. The molecule has 3 N–H and O–H groups in total. The zero-order chi connectivity index (χ0) is 15.9. The number of carboxylic acid groups (broad SMARTS) is 1. The van der Waals surface area contributed by atoms with Gasteiger partial charge in [0.25, 0.3) is 0 Å². The van der Waals surface area contributed by atoms with Gasteiger partial charge in [0.05, 0.1) is 29.3 Å². The van der Waals surface area contributed by atoms with Crippen LogP contribution in [-0.4, -0.2) is 27.1 Å². The second-order valence-electron chi connectivity index (χ2n) is 5.09. The van der Waals surface area contributed by atoms with E-state index in [1.165, 1.54) is 12.4 Å². The Hall–Kier alpha value is -1.90. The first-order valence-electron chi connectivity index (χ1n) is 6.62. The van der Waals surface area contributed by atoms with Crippen LogP contribution >= 0.6 is 22.6 Å². The van der Waals surface area contributed by atoms with Crippen molar-refractivity contribution in [3.63, 3.8) is 0 Å². The van der Waals surface area contributed by atoms with E-state index in [2.05, 4.69) is 37.9 Å². The third-order valence-electron chi connectivity index (χ3n) is 3.64. The van der Waals surface area contributed by atoms with Crippen LogP contribution in [0.4, 0.5) is 10.1 Å². The van der Waals surface area contributed by atoms with Gasteiger partial charge in [-0.15, -0.1) is 0 Å². The van der Waals surface area contributed by atoms with Crippen molar-refractivity contribution in [2.45, 2.75) is 19.1 Å². The van der Waals surface area contributed by atoms with Crippen molar-refractivity contribution in [1.82, 2.24) is 9.97 Å². The number of anilines is 1. The number of hydrogen-bond acceptors (Lipinski definition) is 3. The van der Waals surface area contributed by atoms with E-state index in [4.69, 9.17) is 0 Å². The van der Waals surface area contributed by atoms with Crippen molar-refractivity contribution < 1.29 is 14.3 Å². The van der Waals surface area contributed by atoms with Crippen LogP contribution < -0.4 is 5.32 Å². The quantitative estimate of drug-likeness (QED) is 0.675. The van der Waals surface area contributed by atoms with Crippen molar-refractivity contribution in [3.8, 4) is 0 Å². The number of fused-ring (bicyclic) bond motifs is 1. The van der Waals surface area contributed by atoms with Crippen molar-refractivity contribution in [1.29, 1.82) is 0 Å². The Morgan fingerprint density at radius 1 is 1.50 bits per heavy atom. The number of halogens is 2. The van der Waals surface area contributed by atoms with Crippen LogP contribution in [0.3, 0.4) is 0 Å². The summed E-state index contributed by atoms with van der Waals surface area (Å²) < 4.78 is 15.8. The molecule has 0 amide bonds. The monoisotopic (exact) mass is 413 g/mol. The largest absolute Gasteiger partial charge is 0.478 e. The van der Waals surface area contributed by atoms with Crippen molar-refractivity contribution in [3.05, 3.63) is 50.6 Å². The predicted octanol–water partition coefficient (Wildman–Crippen LogP) is 3.30. The maximum atomic E-state index is 14.7. The fourth-order valence-corrected chi connectivity index (χ4v) is 3.16. The number of hydrogen-bond donors (Lipinski definition) is 3. The molecule has 2 atom stereocenters. The average Bonchev–Trinajstić information content (AvgIpc) is 2.92. The van der Waals surface area contributed by atoms with Gasteiger partial charge in [0, 0.05) is 9.26 Å². The summed E-state index contributed by atoms with van der Waals surface area (Å²) in [4.78, 5) is 18.1. The minimum atomic E-state index is -1.51. The molecule has 0 bridgehead atoms. The minimum absolute atomic E-state index is 0.0370. The molecule has 1 heterocycles. The van der Waals surface area contributed by atoms with Gasteiger partial charge in [0.2, 0.25) is 0 Å². The first-order valence-corrected chi connectivity index (χ1v) is 7.70. The van der Waals surface area contributed by atoms with Crippen molar-refractivity contribution >= 4 is 40.3 Å². The summed E-state index contributed by atoms with van der Waals surface area (Å²) in [5.41, 5.74) is 2.24. The van der Waals surface area contributed by atoms with Crippen LogP contribution in [0.2, 0.25) is 0 Å². The van der Waals surface area contributed by atoms with E-state index < -0.39 is 18.2 Å². The normalized spacial score (nSPS) is 20.2. The molecule has 0 aliphatic heterocycles. The summed E-state index contributed by atoms with van der Waals surface area (Å²) in [5, 5.41) is 12.4. The van der Waals surface area contributed by atoms with Gasteiger partial charge >= 0.3 is 5.97 Å². The molecule has 1 aromatic heterocycles. The molecule has 114 valence electrons. The second kappa shape index (κ2) is 5.71. The molecule has 22 heavy (non-hydrogen) atoms. The van der Waals surface area contributed by atoms with Crippen molar-refractivity contribution in [2.75, 3.05) is 5.32 Å². The molecule has 3 rings (SSSR count). The maximum absolute atomic E-state index is 14.7. The number of aromatic nitrogens is 2. The lowest BCUT2D eigenvalue weighted by atomic mass is 9.92. The molecule has 0 spiro atoms. The zero-order valence-electron chi connectivity index (χ0n) is 11.6.